The van der Waals surface area contributed by atoms with E-state index < -0.39 is 0 Å². The predicted octanol–water partition coefficient (Wildman–Crippen LogP) is 2.54. The molecule has 1 aliphatic rings. The lowest BCUT2D eigenvalue weighted by Gasteiger charge is -2.32. The van der Waals surface area contributed by atoms with Crippen molar-refractivity contribution in [2.75, 3.05) is 18.0 Å². The third-order valence-electron chi connectivity index (χ3n) is 4.65. The van der Waals surface area contributed by atoms with Gasteiger partial charge in [-0.15, -0.1) is 0 Å². The number of imidazole rings is 1. The van der Waals surface area contributed by atoms with Gasteiger partial charge in [0, 0.05) is 24.7 Å². The van der Waals surface area contributed by atoms with E-state index >= 15 is 0 Å². The van der Waals surface area contributed by atoms with E-state index in [4.69, 9.17) is 11.6 Å². The smallest absolute Gasteiger partial charge is 0.225 e. The second-order valence-corrected chi connectivity index (χ2v) is 6.87. The molecule has 3 heterocycles. The maximum Gasteiger partial charge on any atom is 0.225 e. The highest BCUT2D eigenvalue weighted by atomic mass is 35.5. The molecule has 2 aromatic heterocycles. The summed E-state index contributed by atoms with van der Waals surface area (Å²) in [5.74, 6) is 0.792. The van der Waals surface area contributed by atoms with Crippen LogP contribution in [0.1, 0.15) is 18.4 Å². The summed E-state index contributed by atoms with van der Waals surface area (Å²) in [6, 6.07) is 7.53. The molecule has 1 aromatic carbocycles. The number of benzene rings is 1. The number of amides is 1. The van der Waals surface area contributed by atoms with Gasteiger partial charge in [-0.2, -0.15) is 0 Å². The van der Waals surface area contributed by atoms with Crippen LogP contribution in [0.25, 0.3) is 11.2 Å². The van der Waals surface area contributed by atoms with Gasteiger partial charge >= 0.3 is 0 Å². The average molecular weight is 371 g/mol. The van der Waals surface area contributed by atoms with Crippen LogP contribution < -0.4 is 10.2 Å². The van der Waals surface area contributed by atoms with Crippen molar-refractivity contribution in [1.82, 2.24) is 25.3 Å². The first kappa shape index (κ1) is 16.8. The van der Waals surface area contributed by atoms with Crippen molar-refractivity contribution < 1.29 is 4.79 Å². The Morgan fingerprint density at radius 1 is 1.35 bits per heavy atom. The van der Waals surface area contributed by atoms with Crippen molar-refractivity contribution in [2.45, 2.75) is 19.4 Å². The maximum atomic E-state index is 12.6. The lowest BCUT2D eigenvalue weighted by atomic mass is 9.97. The van der Waals surface area contributed by atoms with E-state index in [9.17, 15) is 4.79 Å². The topological polar surface area (TPSA) is 86.8 Å². The van der Waals surface area contributed by atoms with Gasteiger partial charge in [0.25, 0.3) is 0 Å². The first-order valence-electron chi connectivity index (χ1n) is 8.62. The molecule has 1 aliphatic heterocycles. The van der Waals surface area contributed by atoms with Crippen LogP contribution in [0.5, 0.6) is 0 Å². The monoisotopic (exact) mass is 370 g/mol. The number of aromatic amines is 1. The van der Waals surface area contributed by atoms with Crippen molar-refractivity contribution in [3.8, 4) is 0 Å². The lowest BCUT2D eigenvalue weighted by Crippen LogP contribution is -2.43. The highest BCUT2D eigenvalue weighted by molar-refractivity contribution is 6.30. The molecule has 8 heteroatoms. The fourth-order valence-electron chi connectivity index (χ4n) is 3.36. The largest absolute Gasteiger partial charge is 0.354 e. The molecule has 1 fully saturated rings. The van der Waals surface area contributed by atoms with Gasteiger partial charge in [-0.3, -0.25) is 4.79 Å². The number of anilines is 1. The molecular weight excluding hydrogens is 352 g/mol. The molecule has 1 amide bonds. The molecule has 0 unspecified atom stereocenters. The van der Waals surface area contributed by atoms with Crippen LogP contribution in [0.15, 0.2) is 36.9 Å². The molecule has 0 spiro atoms. The van der Waals surface area contributed by atoms with Crippen LogP contribution in [0, 0.1) is 5.92 Å². The van der Waals surface area contributed by atoms with Crippen molar-refractivity contribution in [2.24, 2.45) is 5.92 Å². The summed E-state index contributed by atoms with van der Waals surface area (Å²) in [7, 11) is 0. The van der Waals surface area contributed by atoms with E-state index in [0.717, 1.165) is 36.3 Å². The fourth-order valence-corrected chi connectivity index (χ4v) is 3.57. The van der Waals surface area contributed by atoms with Crippen LogP contribution in [-0.2, 0) is 11.3 Å². The van der Waals surface area contributed by atoms with Crippen molar-refractivity contribution in [3.05, 3.63) is 47.5 Å². The SMILES string of the molecule is O=C(NCc1cccc(Cl)c1)[C@H]1CCCN(c2ncnc3nc[nH]c23)C1. The lowest BCUT2D eigenvalue weighted by molar-refractivity contribution is -0.125. The van der Waals surface area contributed by atoms with E-state index in [1.807, 2.05) is 24.3 Å². The Balaban J connectivity index is 1.43. The summed E-state index contributed by atoms with van der Waals surface area (Å²) in [5, 5.41) is 3.70. The number of rotatable bonds is 4. The Morgan fingerprint density at radius 3 is 3.15 bits per heavy atom. The van der Waals surface area contributed by atoms with E-state index in [1.54, 1.807) is 6.33 Å². The molecule has 0 radical (unpaired) electrons. The van der Waals surface area contributed by atoms with Crippen LogP contribution in [0.3, 0.4) is 0 Å². The minimum absolute atomic E-state index is 0.0598. The molecule has 26 heavy (non-hydrogen) atoms. The number of fused-ring (bicyclic) bond motifs is 1. The van der Waals surface area contributed by atoms with Gasteiger partial charge < -0.3 is 15.2 Å². The first-order chi connectivity index (χ1) is 12.7. The van der Waals surface area contributed by atoms with Gasteiger partial charge in [0.15, 0.2) is 11.5 Å². The molecular formula is C18H19ClN6O. The van der Waals surface area contributed by atoms with Crippen molar-refractivity contribution in [3.63, 3.8) is 0 Å². The molecule has 1 saturated heterocycles. The summed E-state index contributed by atoms with van der Waals surface area (Å²) in [4.78, 5) is 30.6. The third kappa shape index (κ3) is 3.48. The molecule has 1 atom stereocenters. The number of nitrogens with zero attached hydrogens (tertiary/aromatic N) is 4. The zero-order valence-corrected chi connectivity index (χ0v) is 14.9. The quantitative estimate of drug-likeness (QED) is 0.737. The number of carbonyl (C=O) groups excluding carboxylic acids is 1. The highest BCUT2D eigenvalue weighted by Gasteiger charge is 2.27. The van der Waals surface area contributed by atoms with Crippen LogP contribution in [0.2, 0.25) is 5.02 Å². The minimum Gasteiger partial charge on any atom is -0.354 e. The van der Waals surface area contributed by atoms with E-state index in [-0.39, 0.29) is 11.8 Å². The van der Waals surface area contributed by atoms with Gasteiger partial charge in [-0.05, 0) is 30.5 Å². The van der Waals surface area contributed by atoms with E-state index in [2.05, 4.69) is 30.2 Å². The van der Waals surface area contributed by atoms with Crippen molar-refractivity contribution in [1.29, 1.82) is 0 Å². The fraction of sp³-hybridized carbons (Fsp3) is 0.333. The minimum atomic E-state index is -0.0733. The normalized spacial score (nSPS) is 17.4. The number of aromatic nitrogens is 4. The van der Waals surface area contributed by atoms with Crippen LogP contribution in [0.4, 0.5) is 5.82 Å². The average Bonchev–Trinajstić information content (AvgIpc) is 3.15. The zero-order chi connectivity index (χ0) is 17.9. The molecule has 4 rings (SSSR count). The number of hydrogen-bond acceptors (Lipinski definition) is 5. The van der Waals surface area contributed by atoms with Crippen LogP contribution in [-0.4, -0.2) is 38.9 Å². The molecule has 0 aliphatic carbocycles. The Morgan fingerprint density at radius 2 is 2.27 bits per heavy atom. The molecule has 7 nitrogen and oxygen atoms in total. The molecule has 0 saturated carbocycles. The first-order valence-corrected chi connectivity index (χ1v) is 8.99. The Labute approximate surface area is 155 Å². The Bertz CT molecular complexity index is 927. The number of hydrogen-bond donors (Lipinski definition) is 2. The second-order valence-electron chi connectivity index (χ2n) is 6.43. The van der Waals surface area contributed by atoms with Gasteiger partial charge in [0.2, 0.25) is 5.91 Å². The van der Waals surface area contributed by atoms with Gasteiger partial charge in [0.05, 0.1) is 12.2 Å². The Hall–Kier alpha value is -2.67. The third-order valence-corrected chi connectivity index (χ3v) is 4.89. The zero-order valence-electron chi connectivity index (χ0n) is 14.2. The second kappa shape index (κ2) is 7.29. The molecule has 3 aromatic rings. The van der Waals surface area contributed by atoms with Crippen LogP contribution >= 0.6 is 11.6 Å². The predicted molar refractivity (Wildman–Crippen MR) is 99.9 cm³/mol. The number of H-pyrrole nitrogens is 1. The maximum absolute atomic E-state index is 12.6. The summed E-state index contributed by atoms with van der Waals surface area (Å²) < 4.78 is 0. The summed E-state index contributed by atoms with van der Waals surface area (Å²) in [5.41, 5.74) is 2.45. The number of halogens is 1. The number of piperidine rings is 1. The summed E-state index contributed by atoms with van der Waals surface area (Å²) in [6.07, 6.45) is 4.94. The van der Waals surface area contributed by atoms with E-state index in [1.165, 1.54) is 6.33 Å². The number of carbonyl (C=O) groups is 1. The van der Waals surface area contributed by atoms with Gasteiger partial charge in [-0.25, -0.2) is 15.0 Å². The summed E-state index contributed by atoms with van der Waals surface area (Å²) in [6.45, 7) is 1.98. The van der Waals surface area contributed by atoms with E-state index in [0.29, 0.717) is 23.8 Å². The molecule has 134 valence electrons. The van der Waals surface area contributed by atoms with Crippen molar-refractivity contribution >= 4 is 34.5 Å². The molecule has 0 bridgehead atoms. The Kier molecular flexibility index (Phi) is 4.71. The number of nitrogens with one attached hydrogen (secondary N) is 2. The highest BCUT2D eigenvalue weighted by Crippen LogP contribution is 2.25. The van der Waals surface area contributed by atoms with Gasteiger partial charge in [0.1, 0.15) is 11.8 Å². The standard InChI is InChI=1S/C18H19ClN6O/c19-14-5-1-3-12(7-14)8-20-18(26)13-4-2-6-25(9-13)17-15-16(22-10-21-15)23-11-24-17/h1,3,5,7,10-11,13H,2,4,6,8-9H2,(H,20,26)(H,21,22,23,24)/t13-/m0/s1. The van der Waals surface area contributed by atoms with Gasteiger partial charge in [-0.1, -0.05) is 23.7 Å². The molecule has 2 N–H and O–H groups in total. The summed E-state index contributed by atoms with van der Waals surface area (Å²) >= 11 is 5.99.